The lowest BCUT2D eigenvalue weighted by Crippen LogP contribution is -2.47. The van der Waals surface area contributed by atoms with Crippen LogP contribution in [0.1, 0.15) is 27.7 Å². The normalized spacial score (nSPS) is 13.5. The molecule has 0 radical (unpaired) electrons. The molecule has 0 fully saturated rings. The van der Waals surface area contributed by atoms with Crippen LogP contribution in [0.4, 0.5) is 0 Å². The molecule has 10 nitrogen and oxygen atoms in total. The zero-order chi connectivity index (χ0) is 22.3. The molecule has 1 unspecified atom stereocenters. The van der Waals surface area contributed by atoms with E-state index in [4.69, 9.17) is 0 Å². The molecule has 0 aromatic rings. The van der Waals surface area contributed by atoms with Crippen molar-refractivity contribution in [3.8, 4) is 0 Å². The number of carbonyl (C=O) groups excluding carboxylic acids is 5. The van der Waals surface area contributed by atoms with Gasteiger partial charge < -0.3 is 25.2 Å². The van der Waals surface area contributed by atoms with Gasteiger partial charge in [-0.1, -0.05) is 18.2 Å². The SMILES string of the molecule is C/C=C/C(=O)C(NC(C)=O)C(=O)OC.C/C=C/[C@H](O)[C@H](NC(C)=O)C(=O)OC. The highest BCUT2D eigenvalue weighted by atomic mass is 16.5. The van der Waals surface area contributed by atoms with Gasteiger partial charge in [0, 0.05) is 13.8 Å². The number of amides is 2. The molecule has 3 atom stereocenters. The van der Waals surface area contributed by atoms with E-state index in [-0.39, 0.29) is 0 Å². The molecule has 0 bridgehead atoms. The van der Waals surface area contributed by atoms with Crippen molar-refractivity contribution in [2.45, 2.75) is 45.9 Å². The number of nitrogens with one attached hydrogen (secondary N) is 2. The maximum atomic E-state index is 11.3. The van der Waals surface area contributed by atoms with Crippen molar-refractivity contribution < 1.29 is 38.6 Å². The Hall–Kier alpha value is -3.01. The van der Waals surface area contributed by atoms with Crippen LogP contribution in [0.15, 0.2) is 24.3 Å². The van der Waals surface area contributed by atoms with E-state index in [2.05, 4.69) is 20.1 Å². The van der Waals surface area contributed by atoms with Crippen molar-refractivity contribution in [3.63, 3.8) is 0 Å². The summed E-state index contributed by atoms with van der Waals surface area (Å²) >= 11 is 0. The third-order valence-corrected chi connectivity index (χ3v) is 2.94. The van der Waals surface area contributed by atoms with Gasteiger partial charge in [-0.05, 0) is 19.9 Å². The highest BCUT2D eigenvalue weighted by Crippen LogP contribution is 1.98. The maximum Gasteiger partial charge on any atom is 0.336 e. The van der Waals surface area contributed by atoms with E-state index in [1.165, 1.54) is 39.2 Å². The largest absolute Gasteiger partial charge is 0.467 e. The standard InChI is InChI=1S/C9H15NO4.C9H13NO4/c2*1-4-5-7(12)8(9(13)14-3)10-6(2)11/h4-5,7-8,12H,1-3H3,(H,10,11);4-5,8H,1-3H3,(H,10,11)/b2*5-4+/t7-,8-;/m0./s1. The minimum absolute atomic E-state index is 0.399. The molecule has 0 aromatic carbocycles. The molecule has 158 valence electrons. The molecule has 0 rings (SSSR count). The first-order valence-corrected chi connectivity index (χ1v) is 8.22. The molecule has 0 spiro atoms. The quantitative estimate of drug-likeness (QED) is 0.212. The Kier molecular flexibility index (Phi) is 14.7. The Morgan fingerprint density at radius 1 is 0.857 bits per heavy atom. The van der Waals surface area contributed by atoms with E-state index in [1.54, 1.807) is 19.9 Å². The van der Waals surface area contributed by atoms with Crippen molar-refractivity contribution in [2.75, 3.05) is 14.2 Å². The van der Waals surface area contributed by atoms with Crippen LogP contribution in [0.2, 0.25) is 0 Å². The first-order valence-electron chi connectivity index (χ1n) is 8.22. The molecule has 0 aliphatic carbocycles. The number of hydrogen-bond acceptors (Lipinski definition) is 8. The van der Waals surface area contributed by atoms with Gasteiger partial charge in [-0.2, -0.15) is 0 Å². The summed E-state index contributed by atoms with van der Waals surface area (Å²) in [6, 6.07) is -2.29. The number of aliphatic hydroxyl groups is 1. The number of carbonyl (C=O) groups is 5. The molecule has 0 saturated heterocycles. The van der Waals surface area contributed by atoms with E-state index in [1.807, 2.05) is 0 Å². The monoisotopic (exact) mass is 400 g/mol. The van der Waals surface area contributed by atoms with Gasteiger partial charge in [-0.15, -0.1) is 0 Å². The minimum atomic E-state index is -1.24. The lowest BCUT2D eigenvalue weighted by atomic mass is 10.1. The number of methoxy groups -OCH3 is 2. The molecule has 0 aromatic heterocycles. The van der Waals surface area contributed by atoms with Crippen molar-refractivity contribution in [1.29, 1.82) is 0 Å². The summed E-state index contributed by atoms with van der Waals surface area (Å²) in [6.07, 6.45) is 4.61. The lowest BCUT2D eigenvalue weighted by Gasteiger charge is -2.18. The van der Waals surface area contributed by atoms with Crippen molar-refractivity contribution in [3.05, 3.63) is 24.3 Å². The molecule has 0 saturated carbocycles. The molecule has 3 N–H and O–H groups in total. The fourth-order valence-electron chi connectivity index (χ4n) is 1.77. The van der Waals surface area contributed by atoms with Gasteiger partial charge in [0.2, 0.25) is 11.8 Å². The van der Waals surface area contributed by atoms with E-state index < -0.39 is 47.7 Å². The predicted octanol–water partition coefficient (Wildman–Crippen LogP) is -0.590. The molecular formula is C18H28N2O8. The molecule has 0 aliphatic rings. The third kappa shape index (κ3) is 11.6. The number of rotatable bonds is 8. The fraction of sp³-hybridized carbons (Fsp3) is 0.500. The Morgan fingerprint density at radius 2 is 1.36 bits per heavy atom. The second-order valence-electron chi connectivity index (χ2n) is 5.28. The molecular weight excluding hydrogens is 372 g/mol. The molecule has 2 amide bonds. The zero-order valence-electron chi connectivity index (χ0n) is 16.8. The van der Waals surface area contributed by atoms with Gasteiger partial charge in [-0.3, -0.25) is 14.4 Å². The van der Waals surface area contributed by atoms with E-state index in [0.29, 0.717) is 0 Å². The van der Waals surface area contributed by atoms with Gasteiger partial charge in [-0.25, -0.2) is 9.59 Å². The van der Waals surface area contributed by atoms with Gasteiger partial charge in [0.15, 0.2) is 17.9 Å². The maximum absolute atomic E-state index is 11.3. The Bertz CT molecular complexity index is 613. The van der Waals surface area contributed by atoms with Gasteiger partial charge in [0.05, 0.1) is 14.2 Å². The fourth-order valence-corrected chi connectivity index (χ4v) is 1.77. The second-order valence-corrected chi connectivity index (χ2v) is 5.28. The molecule has 28 heavy (non-hydrogen) atoms. The number of hydrogen-bond donors (Lipinski definition) is 3. The topological polar surface area (TPSA) is 148 Å². The number of allylic oxidation sites excluding steroid dienone is 2. The number of esters is 2. The van der Waals surface area contributed by atoms with Gasteiger partial charge in [0.1, 0.15) is 6.10 Å². The van der Waals surface area contributed by atoms with Crippen LogP contribution in [0.25, 0.3) is 0 Å². The third-order valence-electron chi connectivity index (χ3n) is 2.94. The van der Waals surface area contributed by atoms with Crippen LogP contribution in [-0.2, 0) is 33.4 Å². The van der Waals surface area contributed by atoms with Crippen LogP contribution in [0, 0.1) is 0 Å². The average molecular weight is 400 g/mol. The summed E-state index contributed by atoms with van der Waals surface area (Å²) in [5.41, 5.74) is 0. The first-order chi connectivity index (χ1) is 13.0. The summed E-state index contributed by atoms with van der Waals surface area (Å²) in [4.78, 5) is 54.9. The van der Waals surface area contributed by atoms with Crippen molar-refractivity contribution in [2.24, 2.45) is 0 Å². The van der Waals surface area contributed by atoms with Crippen LogP contribution in [0.5, 0.6) is 0 Å². The molecule has 0 aliphatic heterocycles. The number of ether oxygens (including phenoxy) is 2. The van der Waals surface area contributed by atoms with E-state index in [0.717, 1.165) is 7.11 Å². The van der Waals surface area contributed by atoms with Gasteiger partial charge in [0.25, 0.3) is 0 Å². The van der Waals surface area contributed by atoms with Crippen LogP contribution < -0.4 is 10.6 Å². The number of aliphatic hydroxyl groups excluding tert-OH is 1. The highest BCUT2D eigenvalue weighted by Gasteiger charge is 2.27. The summed E-state index contributed by atoms with van der Waals surface area (Å²) in [6.45, 7) is 5.82. The Balaban J connectivity index is 0. The highest BCUT2D eigenvalue weighted by molar-refractivity contribution is 6.10. The smallest absolute Gasteiger partial charge is 0.336 e. The van der Waals surface area contributed by atoms with Crippen molar-refractivity contribution >= 4 is 29.5 Å². The predicted molar refractivity (Wildman–Crippen MR) is 99.9 cm³/mol. The van der Waals surface area contributed by atoms with E-state index in [9.17, 15) is 29.1 Å². The molecule has 0 heterocycles. The first kappa shape index (κ1) is 27.2. The minimum Gasteiger partial charge on any atom is -0.467 e. The Labute approximate surface area is 163 Å². The summed E-state index contributed by atoms with van der Waals surface area (Å²) < 4.78 is 8.81. The van der Waals surface area contributed by atoms with Crippen LogP contribution in [-0.4, -0.2) is 67.0 Å². The van der Waals surface area contributed by atoms with Gasteiger partial charge >= 0.3 is 11.9 Å². The summed E-state index contributed by atoms with van der Waals surface area (Å²) in [5.74, 6) is -2.81. The van der Waals surface area contributed by atoms with Crippen LogP contribution >= 0.6 is 0 Å². The zero-order valence-corrected chi connectivity index (χ0v) is 16.8. The average Bonchev–Trinajstić information content (AvgIpc) is 2.63. The van der Waals surface area contributed by atoms with Crippen LogP contribution in [0.3, 0.4) is 0 Å². The number of ketones is 1. The lowest BCUT2D eigenvalue weighted by molar-refractivity contribution is -0.148. The summed E-state index contributed by atoms with van der Waals surface area (Å²) in [5, 5.41) is 14.0. The molecule has 10 heteroatoms. The Morgan fingerprint density at radius 3 is 1.71 bits per heavy atom. The summed E-state index contributed by atoms with van der Waals surface area (Å²) in [7, 11) is 2.35. The second kappa shape index (κ2) is 15.1. The van der Waals surface area contributed by atoms with Crippen molar-refractivity contribution in [1.82, 2.24) is 10.6 Å². The van der Waals surface area contributed by atoms with E-state index >= 15 is 0 Å².